The third-order valence-corrected chi connectivity index (χ3v) is 0.755. The summed E-state index contributed by atoms with van der Waals surface area (Å²) >= 11 is 0. The van der Waals surface area contributed by atoms with Gasteiger partial charge in [-0.3, -0.25) is 0 Å². The van der Waals surface area contributed by atoms with E-state index in [1.54, 1.807) is 6.92 Å². The number of rotatable bonds is 3. The lowest BCUT2D eigenvalue weighted by molar-refractivity contribution is 0.0216. The van der Waals surface area contributed by atoms with Crippen LogP contribution in [0.1, 0.15) is 6.92 Å². The van der Waals surface area contributed by atoms with Crippen molar-refractivity contribution in [1.82, 2.24) is 5.12 Å². The minimum absolute atomic E-state index is 0.0451. The van der Waals surface area contributed by atoms with Crippen molar-refractivity contribution in [3.63, 3.8) is 0 Å². The fourth-order valence-electron chi connectivity index (χ4n) is 0.381. The molecule has 0 aromatic carbocycles. The molecule has 0 N–H and O–H groups in total. The number of hydrogen-bond acceptors (Lipinski definition) is 2. The van der Waals surface area contributed by atoms with Crippen molar-refractivity contribution in [3.8, 4) is 0 Å². The summed E-state index contributed by atoms with van der Waals surface area (Å²) in [5.74, 6) is 0. The van der Waals surface area contributed by atoms with Gasteiger partial charge in [0.2, 0.25) is 0 Å². The molecule has 0 aliphatic rings. The number of halogens is 1. The number of ether oxygens (including phenoxy) is 1. The molecule has 0 aromatic rings. The average Bonchev–Trinajstić information content (AvgIpc) is 1.89. The molecule has 4 heteroatoms. The summed E-state index contributed by atoms with van der Waals surface area (Å²) in [4.78, 5) is 10.4. The van der Waals surface area contributed by atoms with Crippen molar-refractivity contribution in [2.24, 2.45) is 0 Å². The fourth-order valence-corrected chi connectivity index (χ4v) is 0.381. The molecule has 10 heavy (non-hydrogen) atoms. The Hall–Kier alpha value is -1.06. The van der Waals surface area contributed by atoms with E-state index in [1.807, 2.05) is 0 Å². The zero-order valence-corrected chi connectivity index (χ0v) is 5.84. The summed E-state index contributed by atoms with van der Waals surface area (Å²) in [6.07, 6.45) is 0.305. The first-order chi connectivity index (χ1) is 4.72. The van der Waals surface area contributed by atoms with E-state index in [1.165, 1.54) is 6.08 Å². The van der Waals surface area contributed by atoms with Gasteiger partial charge in [0.25, 0.3) is 0 Å². The molecule has 0 unspecified atom stereocenters. The molecule has 0 fully saturated rings. The third-order valence-electron chi connectivity index (χ3n) is 0.755. The maximum Gasteiger partial charge on any atom is 0.438 e. The smallest absolute Gasteiger partial charge is 0.438 e. The number of carbonyl (C=O) groups is 1. The maximum absolute atomic E-state index is 12.3. The second-order valence-corrected chi connectivity index (χ2v) is 1.53. The van der Waals surface area contributed by atoms with Gasteiger partial charge in [0, 0.05) is 0 Å². The Balaban J connectivity index is 3.58. The summed E-state index contributed by atoms with van der Waals surface area (Å²) < 4.78 is 16.6. The van der Waals surface area contributed by atoms with Gasteiger partial charge in [0.05, 0.1) is 13.2 Å². The van der Waals surface area contributed by atoms with Gasteiger partial charge in [0.15, 0.2) is 0 Å². The van der Waals surface area contributed by atoms with Crippen LogP contribution in [-0.2, 0) is 4.74 Å². The molecule has 0 heterocycles. The molecule has 58 valence electrons. The quantitative estimate of drug-likeness (QED) is 0.447. The Morgan fingerprint density at radius 3 is 2.90 bits per heavy atom. The second-order valence-electron chi connectivity index (χ2n) is 1.53. The summed E-state index contributed by atoms with van der Waals surface area (Å²) in [7, 11) is 0. The molecule has 0 saturated heterocycles. The van der Waals surface area contributed by atoms with E-state index in [-0.39, 0.29) is 18.3 Å². The molecule has 0 saturated carbocycles. The van der Waals surface area contributed by atoms with Crippen molar-refractivity contribution >= 4 is 6.09 Å². The van der Waals surface area contributed by atoms with Gasteiger partial charge in [-0.1, -0.05) is 10.6 Å². The fraction of sp³-hybridized carbons (Fsp3) is 0.500. The molecule has 0 aliphatic carbocycles. The first-order valence-electron chi connectivity index (χ1n) is 2.93. The highest BCUT2D eigenvalue weighted by atomic mass is 19.2. The SMILES string of the molecule is C=CCN(F)C(=O)OCC. The monoisotopic (exact) mass is 147 g/mol. The van der Waals surface area contributed by atoms with Crippen LogP contribution in [0.15, 0.2) is 12.7 Å². The van der Waals surface area contributed by atoms with Crippen molar-refractivity contribution in [2.45, 2.75) is 6.92 Å². The number of carbonyl (C=O) groups excluding carboxylic acids is 1. The van der Waals surface area contributed by atoms with Crippen LogP contribution in [0.5, 0.6) is 0 Å². The predicted molar refractivity (Wildman–Crippen MR) is 35.0 cm³/mol. The van der Waals surface area contributed by atoms with E-state index in [0.29, 0.717) is 0 Å². The summed E-state index contributed by atoms with van der Waals surface area (Å²) in [5, 5.41) is -0.0451. The molecule has 0 aliphatic heterocycles. The minimum atomic E-state index is -0.970. The molecule has 0 bridgehead atoms. The molecule has 1 amide bonds. The third kappa shape index (κ3) is 3.06. The van der Waals surface area contributed by atoms with E-state index >= 15 is 0 Å². The average molecular weight is 147 g/mol. The normalized spacial score (nSPS) is 8.60. The van der Waals surface area contributed by atoms with E-state index in [9.17, 15) is 9.28 Å². The van der Waals surface area contributed by atoms with Crippen molar-refractivity contribution in [2.75, 3.05) is 13.2 Å². The molecular formula is C6H10FNO2. The van der Waals surface area contributed by atoms with Gasteiger partial charge in [-0.05, 0) is 6.92 Å². The molecule has 0 rings (SSSR count). The van der Waals surface area contributed by atoms with Crippen LogP contribution < -0.4 is 0 Å². The van der Waals surface area contributed by atoms with Gasteiger partial charge in [0.1, 0.15) is 0 Å². The van der Waals surface area contributed by atoms with Gasteiger partial charge >= 0.3 is 6.09 Å². The molecule has 0 aromatic heterocycles. The van der Waals surface area contributed by atoms with Gasteiger partial charge in [-0.2, -0.15) is 0 Å². The van der Waals surface area contributed by atoms with E-state index in [4.69, 9.17) is 0 Å². The van der Waals surface area contributed by atoms with Crippen LogP contribution in [0.3, 0.4) is 0 Å². The minimum Gasteiger partial charge on any atom is -0.448 e. The van der Waals surface area contributed by atoms with Crippen molar-refractivity contribution in [3.05, 3.63) is 12.7 Å². The van der Waals surface area contributed by atoms with Crippen LogP contribution in [0.25, 0.3) is 0 Å². The van der Waals surface area contributed by atoms with Crippen LogP contribution in [0.4, 0.5) is 9.28 Å². The number of nitrogens with zero attached hydrogens (tertiary/aromatic N) is 1. The Kier molecular flexibility index (Phi) is 4.28. The van der Waals surface area contributed by atoms with Crippen LogP contribution >= 0.6 is 0 Å². The van der Waals surface area contributed by atoms with E-state index in [0.717, 1.165) is 0 Å². The summed E-state index contributed by atoms with van der Waals surface area (Å²) in [6, 6.07) is 0. The second kappa shape index (κ2) is 4.78. The number of amides is 1. The lowest BCUT2D eigenvalue weighted by Crippen LogP contribution is -2.23. The van der Waals surface area contributed by atoms with Gasteiger partial charge < -0.3 is 4.74 Å². The van der Waals surface area contributed by atoms with Crippen LogP contribution in [-0.4, -0.2) is 24.4 Å². The summed E-state index contributed by atoms with van der Waals surface area (Å²) in [5.41, 5.74) is 0. The molecule has 3 nitrogen and oxygen atoms in total. The predicted octanol–water partition coefficient (Wildman–Crippen LogP) is 1.52. The lowest BCUT2D eigenvalue weighted by Gasteiger charge is -2.07. The van der Waals surface area contributed by atoms with Gasteiger partial charge in [-0.25, -0.2) is 4.79 Å². The first kappa shape index (κ1) is 8.94. The molecule has 0 spiro atoms. The van der Waals surface area contributed by atoms with Crippen molar-refractivity contribution in [1.29, 1.82) is 0 Å². The standard InChI is InChI=1S/C6H10FNO2/c1-3-5-8(7)6(9)10-4-2/h3H,1,4-5H2,2H3. The van der Waals surface area contributed by atoms with E-state index in [2.05, 4.69) is 11.3 Å². The zero-order chi connectivity index (χ0) is 7.98. The zero-order valence-electron chi connectivity index (χ0n) is 5.84. The first-order valence-corrected chi connectivity index (χ1v) is 2.93. The van der Waals surface area contributed by atoms with Gasteiger partial charge in [-0.15, -0.1) is 11.7 Å². The van der Waals surface area contributed by atoms with Crippen LogP contribution in [0, 0.1) is 0 Å². The lowest BCUT2D eigenvalue weighted by atomic mass is 10.6. The molecule has 0 radical (unpaired) electrons. The van der Waals surface area contributed by atoms with E-state index < -0.39 is 6.09 Å². The molecular weight excluding hydrogens is 137 g/mol. The summed E-state index contributed by atoms with van der Waals surface area (Å²) in [6.45, 7) is 4.90. The highest BCUT2D eigenvalue weighted by Gasteiger charge is 2.09. The van der Waals surface area contributed by atoms with Crippen LogP contribution in [0.2, 0.25) is 0 Å². The highest BCUT2D eigenvalue weighted by molar-refractivity contribution is 5.66. The topological polar surface area (TPSA) is 29.5 Å². The Bertz CT molecular complexity index is 127. The number of hydrogen-bond donors (Lipinski definition) is 0. The van der Waals surface area contributed by atoms with Crippen molar-refractivity contribution < 1.29 is 14.0 Å². The maximum atomic E-state index is 12.3. The highest BCUT2D eigenvalue weighted by Crippen LogP contribution is 1.93. The largest absolute Gasteiger partial charge is 0.448 e. The Morgan fingerprint density at radius 1 is 1.90 bits per heavy atom. The molecule has 0 atom stereocenters. The Morgan fingerprint density at radius 2 is 2.50 bits per heavy atom. The Labute approximate surface area is 59.0 Å².